The van der Waals surface area contributed by atoms with Crippen LogP contribution in [-0.4, -0.2) is 11.5 Å². The Hall–Kier alpha value is -1.97. The van der Waals surface area contributed by atoms with Crippen molar-refractivity contribution in [2.45, 2.75) is 12.5 Å². The number of hydrogen-bond donors (Lipinski definition) is 1. The first-order valence-electron chi connectivity index (χ1n) is 7.24. The molecule has 0 amide bonds. The fraction of sp³-hybridized carbons (Fsp3) is 0.167. The summed E-state index contributed by atoms with van der Waals surface area (Å²) in [6.45, 7) is 1.04. The summed E-state index contributed by atoms with van der Waals surface area (Å²) in [5.74, 6) is 0. The van der Waals surface area contributed by atoms with Crippen molar-refractivity contribution in [3.05, 3.63) is 76.8 Å². The lowest BCUT2D eigenvalue weighted by Crippen LogP contribution is -2.29. The summed E-state index contributed by atoms with van der Waals surface area (Å²) in [5, 5.41) is 3.65. The Labute approximate surface area is 128 Å². The third kappa shape index (κ3) is 2.39. The lowest BCUT2D eigenvalue weighted by molar-refractivity contribution is 0.575. The van der Waals surface area contributed by atoms with E-state index in [4.69, 9.17) is 0 Å². The van der Waals surface area contributed by atoms with Gasteiger partial charge in [-0.2, -0.15) is 0 Å². The van der Waals surface area contributed by atoms with E-state index in [1.807, 2.05) is 29.7 Å². The SMILES string of the molecule is c1ccc(-c2ccc(C3NCCc4ccccc43)s2)nc1. The van der Waals surface area contributed by atoms with Gasteiger partial charge in [-0.25, -0.2) is 0 Å². The predicted molar refractivity (Wildman–Crippen MR) is 87.5 cm³/mol. The van der Waals surface area contributed by atoms with Gasteiger partial charge in [-0.1, -0.05) is 30.3 Å². The fourth-order valence-electron chi connectivity index (χ4n) is 2.91. The molecule has 3 heterocycles. The highest BCUT2D eigenvalue weighted by molar-refractivity contribution is 7.15. The molecule has 0 fully saturated rings. The second-order valence-electron chi connectivity index (χ2n) is 5.25. The molecule has 1 aliphatic heterocycles. The molecule has 104 valence electrons. The predicted octanol–water partition coefficient (Wildman–Crippen LogP) is 4.05. The van der Waals surface area contributed by atoms with E-state index in [9.17, 15) is 0 Å². The molecular formula is C18H16N2S. The maximum Gasteiger partial charge on any atom is 0.0801 e. The van der Waals surface area contributed by atoms with Crippen molar-refractivity contribution in [2.24, 2.45) is 0 Å². The average Bonchev–Trinajstić information content (AvgIpc) is 3.05. The van der Waals surface area contributed by atoms with Gasteiger partial charge < -0.3 is 5.32 Å². The molecule has 2 aromatic heterocycles. The zero-order valence-electron chi connectivity index (χ0n) is 11.6. The first kappa shape index (κ1) is 12.7. The van der Waals surface area contributed by atoms with Crippen LogP contribution in [0, 0.1) is 0 Å². The zero-order chi connectivity index (χ0) is 14.1. The normalized spacial score (nSPS) is 17.4. The Bertz CT molecular complexity index is 749. The van der Waals surface area contributed by atoms with E-state index < -0.39 is 0 Å². The number of nitrogens with one attached hydrogen (secondary N) is 1. The van der Waals surface area contributed by atoms with Crippen LogP contribution in [0.2, 0.25) is 0 Å². The summed E-state index contributed by atoms with van der Waals surface area (Å²) in [4.78, 5) is 7.04. The monoisotopic (exact) mass is 292 g/mol. The summed E-state index contributed by atoms with van der Waals surface area (Å²) >= 11 is 1.83. The molecule has 4 rings (SSSR count). The first-order valence-corrected chi connectivity index (χ1v) is 8.06. The number of hydrogen-bond acceptors (Lipinski definition) is 3. The van der Waals surface area contributed by atoms with Gasteiger partial charge in [-0.3, -0.25) is 4.98 Å². The van der Waals surface area contributed by atoms with Crippen LogP contribution in [0.3, 0.4) is 0 Å². The molecule has 1 N–H and O–H groups in total. The smallest absolute Gasteiger partial charge is 0.0801 e. The summed E-state index contributed by atoms with van der Waals surface area (Å²) in [6, 6.07) is 19.5. The van der Waals surface area contributed by atoms with Crippen molar-refractivity contribution >= 4 is 11.3 Å². The summed E-state index contributed by atoms with van der Waals surface area (Å²) in [7, 11) is 0. The van der Waals surface area contributed by atoms with E-state index >= 15 is 0 Å². The van der Waals surface area contributed by atoms with E-state index in [2.05, 4.69) is 52.8 Å². The summed E-state index contributed by atoms with van der Waals surface area (Å²) in [5.41, 5.74) is 3.94. The van der Waals surface area contributed by atoms with Crippen LogP contribution >= 0.6 is 11.3 Å². The number of aromatic nitrogens is 1. The van der Waals surface area contributed by atoms with Gasteiger partial charge in [0.1, 0.15) is 0 Å². The van der Waals surface area contributed by atoms with Gasteiger partial charge in [-0.15, -0.1) is 11.3 Å². The number of nitrogens with zero attached hydrogens (tertiary/aromatic N) is 1. The molecule has 3 heteroatoms. The van der Waals surface area contributed by atoms with Crippen molar-refractivity contribution in [3.63, 3.8) is 0 Å². The molecule has 1 unspecified atom stereocenters. The highest BCUT2D eigenvalue weighted by Crippen LogP contribution is 2.35. The van der Waals surface area contributed by atoms with Crippen molar-refractivity contribution in [3.8, 4) is 10.6 Å². The van der Waals surface area contributed by atoms with Gasteiger partial charge in [0, 0.05) is 17.6 Å². The highest BCUT2D eigenvalue weighted by atomic mass is 32.1. The minimum Gasteiger partial charge on any atom is -0.305 e. The molecule has 0 radical (unpaired) electrons. The van der Waals surface area contributed by atoms with Crippen LogP contribution in [0.4, 0.5) is 0 Å². The quantitative estimate of drug-likeness (QED) is 0.771. The molecular weight excluding hydrogens is 276 g/mol. The van der Waals surface area contributed by atoms with Crippen LogP contribution in [0.25, 0.3) is 10.6 Å². The molecule has 1 aromatic carbocycles. The zero-order valence-corrected chi connectivity index (χ0v) is 12.4. The summed E-state index contributed by atoms with van der Waals surface area (Å²) < 4.78 is 0. The van der Waals surface area contributed by atoms with Gasteiger partial charge in [0.25, 0.3) is 0 Å². The van der Waals surface area contributed by atoms with Gasteiger partial charge in [-0.05, 0) is 41.8 Å². The van der Waals surface area contributed by atoms with E-state index in [0.29, 0.717) is 6.04 Å². The maximum atomic E-state index is 4.44. The molecule has 0 bridgehead atoms. The lowest BCUT2D eigenvalue weighted by atomic mass is 9.93. The molecule has 21 heavy (non-hydrogen) atoms. The molecule has 0 saturated carbocycles. The number of thiophene rings is 1. The second kappa shape index (κ2) is 5.43. The summed E-state index contributed by atoms with van der Waals surface area (Å²) in [6.07, 6.45) is 2.97. The number of fused-ring (bicyclic) bond motifs is 1. The molecule has 2 nitrogen and oxygen atoms in total. The Morgan fingerprint density at radius 3 is 2.81 bits per heavy atom. The minimum absolute atomic E-state index is 0.317. The van der Waals surface area contributed by atoms with Crippen molar-refractivity contribution in [1.82, 2.24) is 10.3 Å². The van der Waals surface area contributed by atoms with Crippen LogP contribution in [-0.2, 0) is 6.42 Å². The van der Waals surface area contributed by atoms with Gasteiger partial charge in [0.05, 0.1) is 16.6 Å². The van der Waals surface area contributed by atoms with Crippen molar-refractivity contribution in [2.75, 3.05) is 6.54 Å². The molecule has 1 atom stereocenters. The highest BCUT2D eigenvalue weighted by Gasteiger charge is 2.22. The molecule has 0 spiro atoms. The van der Waals surface area contributed by atoms with E-state index in [-0.39, 0.29) is 0 Å². The minimum atomic E-state index is 0.317. The number of benzene rings is 1. The fourth-order valence-corrected chi connectivity index (χ4v) is 3.99. The Balaban J connectivity index is 1.71. The third-order valence-corrected chi connectivity index (χ3v) is 5.11. The Morgan fingerprint density at radius 1 is 1.00 bits per heavy atom. The van der Waals surface area contributed by atoms with Crippen molar-refractivity contribution in [1.29, 1.82) is 0 Å². The number of rotatable bonds is 2. The van der Waals surface area contributed by atoms with E-state index in [1.54, 1.807) is 0 Å². The maximum absolute atomic E-state index is 4.44. The standard InChI is InChI=1S/C18H16N2S/c1-2-6-14-13(5-1)10-12-20-18(14)17-9-8-16(21-17)15-7-3-4-11-19-15/h1-9,11,18,20H,10,12H2. The Kier molecular flexibility index (Phi) is 3.30. The Morgan fingerprint density at radius 2 is 1.90 bits per heavy atom. The van der Waals surface area contributed by atoms with E-state index in [0.717, 1.165) is 18.7 Å². The van der Waals surface area contributed by atoms with Crippen LogP contribution in [0.5, 0.6) is 0 Å². The molecule has 0 aliphatic carbocycles. The lowest BCUT2D eigenvalue weighted by Gasteiger charge is -2.26. The molecule has 3 aromatic rings. The third-order valence-electron chi connectivity index (χ3n) is 3.94. The van der Waals surface area contributed by atoms with Crippen LogP contribution in [0.1, 0.15) is 22.0 Å². The second-order valence-corrected chi connectivity index (χ2v) is 6.37. The van der Waals surface area contributed by atoms with Gasteiger partial charge in [0.2, 0.25) is 0 Å². The van der Waals surface area contributed by atoms with Crippen molar-refractivity contribution < 1.29 is 0 Å². The molecule has 0 saturated heterocycles. The van der Waals surface area contributed by atoms with Gasteiger partial charge in [0.15, 0.2) is 0 Å². The van der Waals surface area contributed by atoms with Crippen LogP contribution in [0.15, 0.2) is 60.8 Å². The topological polar surface area (TPSA) is 24.9 Å². The van der Waals surface area contributed by atoms with E-state index in [1.165, 1.54) is 20.9 Å². The largest absolute Gasteiger partial charge is 0.305 e. The molecule has 1 aliphatic rings. The average molecular weight is 292 g/mol. The van der Waals surface area contributed by atoms with Gasteiger partial charge >= 0.3 is 0 Å². The number of pyridine rings is 1. The first-order chi connectivity index (χ1) is 10.4. The van der Waals surface area contributed by atoms with Crippen LogP contribution < -0.4 is 5.32 Å².